The molecule has 1 heterocycles. The Labute approximate surface area is 162 Å². The topological polar surface area (TPSA) is 93.7 Å². The van der Waals surface area contributed by atoms with Gasteiger partial charge in [0.2, 0.25) is 16.8 Å². The number of carbonyl (C=O) groups excluding carboxylic acids is 1. The standard InChI is InChI=1S/C16H12ClF3N2O5S/c17-12-5-9(6-13-14(12)27-8-26-13)15(23)22-10-1-3-11(4-2-10)28(24,25)21-7-16(18,19)20/h1-6,21H,7-8H2,(H,22,23). The second kappa shape index (κ2) is 7.49. The van der Waals surface area contributed by atoms with Gasteiger partial charge in [0.1, 0.15) is 6.54 Å². The fourth-order valence-corrected chi connectivity index (χ4v) is 3.56. The Bertz CT molecular complexity index is 1010. The predicted octanol–water partition coefficient (Wildman–Crippen LogP) is 3.16. The number of alkyl halides is 3. The smallest absolute Gasteiger partial charge is 0.402 e. The predicted molar refractivity (Wildman–Crippen MR) is 93.2 cm³/mol. The van der Waals surface area contributed by atoms with Crippen molar-refractivity contribution < 1.29 is 35.9 Å². The zero-order chi connectivity index (χ0) is 20.5. The number of rotatable bonds is 5. The molecule has 1 aliphatic rings. The first-order valence-corrected chi connectivity index (χ1v) is 9.48. The number of amides is 1. The molecule has 0 fully saturated rings. The van der Waals surface area contributed by atoms with Crippen LogP contribution in [0.4, 0.5) is 18.9 Å². The van der Waals surface area contributed by atoms with Gasteiger partial charge in [-0.2, -0.15) is 13.2 Å². The van der Waals surface area contributed by atoms with Gasteiger partial charge < -0.3 is 14.8 Å². The number of nitrogens with one attached hydrogen (secondary N) is 2. The summed E-state index contributed by atoms with van der Waals surface area (Å²) in [4.78, 5) is 12.0. The molecule has 2 aromatic rings. The first-order valence-electron chi connectivity index (χ1n) is 7.62. The lowest BCUT2D eigenvalue weighted by Gasteiger charge is -2.10. The van der Waals surface area contributed by atoms with Crippen LogP contribution in [-0.4, -0.2) is 33.8 Å². The van der Waals surface area contributed by atoms with Gasteiger partial charge in [0.05, 0.1) is 9.92 Å². The molecule has 150 valence electrons. The van der Waals surface area contributed by atoms with Crippen molar-refractivity contribution >= 4 is 33.2 Å². The van der Waals surface area contributed by atoms with Crippen molar-refractivity contribution in [3.63, 3.8) is 0 Å². The SMILES string of the molecule is O=C(Nc1ccc(S(=O)(=O)NCC(F)(F)F)cc1)c1cc(Cl)c2c(c1)OCO2. The van der Waals surface area contributed by atoms with Crippen LogP contribution in [0.25, 0.3) is 0 Å². The van der Waals surface area contributed by atoms with E-state index in [0.29, 0.717) is 11.5 Å². The highest BCUT2D eigenvalue weighted by Crippen LogP contribution is 2.39. The molecule has 0 saturated carbocycles. The van der Waals surface area contributed by atoms with Crippen molar-refractivity contribution in [2.24, 2.45) is 0 Å². The van der Waals surface area contributed by atoms with Crippen LogP contribution in [0.1, 0.15) is 10.4 Å². The number of carbonyl (C=O) groups is 1. The summed E-state index contributed by atoms with van der Waals surface area (Å²) in [7, 11) is -4.33. The number of anilines is 1. The summed E-state index contributed by atoms with van der Waals surface area (Å²) in [5.74, 6) is 0.0972. The van der Waals surface area contributed by atoms with Gasteiger partial charge in [-0.15, -0.1) is 0 Å². The first-order chi connectivity index (χ1) is 13.0. The van der Waals surface area contributed by atoms with Gasteiger partial charge in [0.25, 0.3) is 5.91 Å². The molecule has 2 aromatic carbocycles. The molecular weight excluding hydrogens is 425 g/mol. The summed E-state index contributed by atoms with van der Waals surface area (Å²) in [5.41, 5.74) is 0.409. The monoisotopic (exact) mass is 436 g/mol. The van der Waals surface area contributed by atoms with E-state index in [0.717, 1.165) is 12.1 Å². The molecule has 2 N–H and O–H groups in total. The van der Waals surface area contributed by atoms with Crippen molar-refractivity contribution in [3.8, 4) is 11.5 Å². The lowest BCUT2D eigenvalue weighted by atomic mass is 10.2. The molecule has 12 heteroatoms. The summed E-state index contributed by atoms with van der Waals surface area (Å²) in [5, 5.41) is 2.71. The van der Waals surface area contributed by atoms with E-state index in [1.54, 1.807) is 0 Å². The highest BCUT2D eigenvalue weighted by Gasteiger charge is 2.30. The van der Waals surface area contributed by atoms with Crippen LogP contribution >= 0.6 is 11.6 Å². The number of hydrogen-bond acceptors (Lipinski definition) is 5. The fraction of sp³-hybridized carbons (Fsp3) is 0.188. The van der Waals surface area contributed by atoms with Crippen LogP contribution < -0.4 is 19.5 Å². The molecule has 1 amide bonds. The normalized spacial score (nSPS) is 13.4. The van der Waals surface area contributed by atoms with E-state index >= 15 is 0 Å². The minimum atomic E-state index is -4.67. The molecule has 28 heavy (non-hydrogen) atoms. The lowest BCUT2D eigenvalue weighted by molar-refractivity contribution is -0.121. The molecule has 7 nitrogen and oxygen atoms in total. The Morgan fingerprint density at radius 3 is 2.46 bits per heavy atom. The minimum absolute atomic E-state index is 0.0154. The van der Waals surface area contributed by atoms with Crippen LogP contribution in [0.5, 0.6) is 11.5 Å². The maximum Gasteiger partial charge on any atom is 0.402 e. The lowest BCUT2D eigenvalue weighted by Crippen LogP contribution is -2.33. The van der Waals surface area contributed by atoms with Crippen LogP contribution in [0, 0.1) is 0 Å². The Kier molecular flexibility index (Phi) is 5.41. The summed E-state index contributed by atoms with van der Waals surface area (Å²) >= 11 is 6.02. The van der Waals surface area contributed by atoms with Gasteiger partial charge in [-0.3, -0.25) is 4.79 Å². The van der Waals surface area contributed by atoms with E-state index in [-0.39, 0.29) is 28.0 Å². The molecule has 0 aromatic heterocycles. The van der Waals surface area contributed by atoms with Crippen molar-refractivity contribution in [3.05, 3.63) is 47.0 Å². The Morgan fingerprint density at radius 2 is 1.82 bits per heavy atom. The highest BCUT2D eigenvalue weighted by atomic mass is 35.5. The summed E-state index contributed by atoms with van der Waals surface area (Å²) in [6.45, 7) is -1.70. The maximum atomic E-state index is 12.3. The Hall–Kier alpha value is -2.50. The summed E-state index contributed by atoms with van der Waals surface area (Å²) < 4.78 is 72.0. The molecule has 0 atom stereocenters. The Morgan fingerprint density at radius 1 is 1.14 bits per heavy atom. The van der Waals surface area contributed by atoms with Crippen LogP contribution in [0.15, 0.2) is 41.3 Å². The molecule has 0 radical (unpaired) electrons. The van der Waals surface area contributed by atoms with Gasteiger partial charge in [0, 0.05) is 11.3 Å². The third-order valence-corrected chi connectivity index (χ3v) is 5.27. The van der Waals surface area contributed by atoms with Gasteiger partial charge >= 0.3 is 6.18 Å². The molecule has 1 aliphatic heterocycles. The van der Waals surface area contributed by atoms with E-state index in [1.807, 2.05) is 0 Å². The second-order valence-corrected chi connectivity index (χ2v) is 7.78. The average Bonchev–Trinajstić information content (AvgIpc) is 3.09. The zero-order valence-electron chi connectivity index (χ0n) is 13.8. The molecule has 0 aliphatic carbocycles. The quantitative estimate of drug-likeness (QED) is 0.751. The zero-order valence-corrected chi connectivity index (χ0v) is 15.4. The Balaban J connectivity index is 1.71. The molecule has 3 rings (SSSR count). The summed E-state index contributed by atoms with van der Waals surface area (Å²) in [6, 6.07) is 7.44. The summed E-state index contributed by atoms with van der Waals surface area (Å²) in [6.07, 6.45) is -4.67. The van der Waals surface area contributed by atoms with Crippen molar-refractivity contribution in [1.82, 2.24) is 4.72 Å². The van der Waals surface area contributed by atoms with E-state index in [9.17, 15) is 26.4 Å². The van der Waals surface area contributed by atoms with Crippen molar-refractivity contribution in [1.29, 1.82) is 0 Å². The van der Waals surface area contributed by atoms with E-state index < -0.39 is 28.7 Å². The number of ether oxygens (including phenoxy) is 2. The number of halogens is 4. The van der Waals surface area contributed by atoms with Crippen molar-refractivity contribution in [2.45, 2.75) is 11.1 Å². The molecular formula is C16H12ClF3N2O5S. The second-order valence-electron chi connectivity index (χ2n) is 5.61. The van der Waals surface area contributed by atoms with E-state index in [2.05, 4.69) is 5.32 Å². The first kappa shape index (κ1) is 20.2. The van der Waals surface area contributed by atoms with E-state index in [4.69, 9.17) is 21.1 Å². The van der Waals surface area contributed by atoms with Gasteiger partial charge in [0.15, 0.2) is 11.5 Å². The van der Waals surface area contributed by atoms with E-state index in [1.165, 1.54) is 29.0 Å². The minimum Gasteiger partial charge on any atom is -0.454 e. The molecule has 0 unspecified atom stereocenters. The van der Waals surface area contributed by atoms with Gasteiger partial charge in [-0.05, 0) is 36.4 Å². The van der Waals surface area contributed by atoms with Crippen LogP contribution in [0.3, 0.4) is 0 Å². The maximum absolute atomic E-state index is 12.3. The van der Waals surface area contributed by atoms with Gasteiger partial charge in [-0.25, -0.2) is 13.1 Å². The molecule has 0 bridgehead atoms. The third-order valence-electron chi connectivity index (χ3n) is 3.57. The van der Waals surface area contributed by atoms with Crippen LogP contribution in [0.2, 0.25) is 5.02 Å². The average molecular weight is 437 g/mol. The molecule has 0 saturated heterocycles. The third kappa shape index (κ3) is 4.66. The number of fused-ring (bicyclic) bond motifs is 1. The van der Waals surface area contributed by atoms with Crippen LogP contribution in [-0.2, 0) is 10.0 Å². The fourth-order valence-electron chi connectivity index (χ4n) is 2.28. The number of sulfonamides is 1. The number of benzene rings is 2. The van der Waals surface area contributed by atoms with Crippen molar-refractivity contribution in [2.75, 3.05) is 18.7 Å². The number of hydrogen-bond donors (Lipinski definition) is 2. The molecule has 0 spiro atoms. The largest absolute Gasteiger partial charge is 0.454 e. The van der Waals surface area contributed by atoms with Gasteiger partial charge in [-0.1, -0.05) is 11.6 Å². The highest BCUT2D eigenvalue weighted by molar-refractivity contribution is 7.89.